The third-order valence-corrected chi connectivity index (χ3v) is 5.61. The van der Waals surface area contributed by atoms with Crippen LogP contribution in [-0.2, 0) is 10.0 Å². The molecule has 0 aliphatic heterocycles. The molecule has 24 heavy (non-hydrogen) atoms. The van der Waals surface area contributed by atoms with Crippen LogP contribution in [0.1, 0.15) is 19.9 Å². The Bertz CT molecular complexity index is 948. The highest BCUT2D eigenvalue weighted by atomic mass is 32.2. The summed E-state index contributed by atoms with van der Waals surface area (Å²) in [7, 11) is -3.89. The van der Waals surface area contributed by atoms with Crippen molar-refractivity contribution in [2.45, 2.75) is 24.8 Å². The first-order chi connectivity index (χ1) is 11.4. The molecule has 0 aliphatic rings. The van der Waals surface area contributed by atoms with Gasteiger partial charge in [-0.2, -0.15) is 5.10 Å². The second-order valence-corrected chi connectivity index (χ2v) is 8.11. The zero-order valence-electron chi connectivity index (χ0n) is 13.1. The molecule has 0 amide bonds. The number of rotatable bonds is 5. The van der Waals surface area contributed by atoms with Crippen molar-refractivity contribution >= 4 is 27.0 Å². The van der Waals surface area contributed by atoms with E-state index in [4.69, 9.17) is 0 Å². The Morgan fingerprint density at radius 1 is 1.25 bits per heavy atom. The molecule has 0 aliphatic carbocycles. The van der Waals surface area contributed by atoms with Gasteiger partial charge in [0, 0.05) is 12.2 Å². The lowest BCUT2D eigenvalue weighted by molar-refractivity contribution is 0.532. The molecule has 0 saturated heterocycles. The van der Waals surface area contributed by atoms with Crippen LogP contribution in [-0.4, -0.2) is 18.2 Å². The van der Waals surface area contributed by atoms with Crippen molar-refractivity contribution in [2.75, 3.05) is 4.72 Å². The summed E-state index contributed by atoms with van der Waals surface area (Å²) in [5, 5.41) is 6.27. The predicted molar refractivity (Wildman–Crippen MR) is 93.1 cm³/mol. The van der Waals surface area contributed by atoms with Crippen LogP contribution in [0, 0.1) is 5.82 Å². The average molecular weight is 365 g/mol. The molecule has 2 aromatic heterocycles. The Morgan fingerprint density at radius 3 is 2.67 bits per heavy atom. The van der Waals surface area contributed by atoms with Gasteiger partial charge in [-0.25, -0.2) is 12.8 Å². The second kappa shape index (κ2) is 6.37. The lowest BCUT2D eigenvalue weighted by Gasteiger charge is -2.07. The number of anilines is 1. The average Bonchev–Trinajstić information content (AvgIpc) is 3.16. The van der Waals surface area contributed by atoms with E-state index in [-0.39, 0.29) is 16.6 Å². The molecular weight excluding hydrogens is 349 g/mol. The van der Waals surface area contributed by atoms with E-state index < -0.39 is 15.8 Å². The van der Waals surface area contributed by atoms with E-state index in [0.717, 1.165) is 10.9 Å². The number of nitrogens with one attached hydrogen (secondary N) is 1. The summed E-state index contributed by atoms with van der Waals surface area (Å²) in [5.74, 6) is -0.508. The van der Waals surface area contributed by atoms with Crippen LogP contribution in [0.15, 0.2) is 52.9 Å². The molecule has 1 aromatic carbocycles. The summed E-state index contributed by atoms with van der Waals surface area (Å²) in [5.41, 5.74) is 0.562. The van der Waals surface area contributed by atoms with Gasteiger partial charge in [0.05, 0.1) is 10.6 Å². The fraction of sp³-hybridized carbons (Fsp3) is 0.188. The zero-order valence-corrected chi connectivity index (χ0v) is 14.7. The standard InChI is InChI=1S/C16H16FN3O2S2/c1-11(2)20-10-15(16(18-20)14-7-4-8-23-14)24(21,22)19-13-6-3-5-12(17)9-13/h3-11,19H,1-2H3. The smallest absolute Gasteiger partial charge is 0.265 e. The minimum absolute atomic E-state index is 0.0156. The largest absolute Gasteiger partial charge is 0.279 e. The van der Waals surface area contributed by atoms with Gasteiger partial charge in [0.25, 0.3) is 10.0 Å². The maximum Gasteiger partial charge on any atom is 0.265 e. The Morgan fingerprint density at radius 2 is 2.04 bits per heavy atom. The lowest BCUT2D eigenvalue weighted by atomic mass is 10.3. The number of halogens is 1. The van der Waals surface area contributed by atoms with Crippen molar-refractivity contribution in [1.82, 2.24) is 9.78 Å². The third kappa shape index (κ3) is 3.34. The number of hydrogen-bond acceptors (Lipinski definition) is 4. The summed E-state index contributed by atoms with van der Waals surface area (Å²) < 4.78 is 42.9. The van der Waals surface area contributed by atoms with E-state index >= 15 is 0 Å². The summed E-state index contributed by atoms with van der Waals surface area (Å²) in [6.45, 7) is 3.84. The van der Waals surface area contributed by atoms with Crippen molar-refractivity contribution in [3.05, 3.63) is 53.8 Å². The highest BCUT2D eigenvalue weighted by Gasteiger charge is 2.25. The van der Waals surface area contributed by atoms with Crippen LogP contribution < -0.4 is 4.72 Å². The monoisotopic (exact) mass is 365 g/mol. The molecule has 2 heterocycles. The number of nitrogens with zero attached hydrogens (tertiary/aromatic N) is 2. The molecule has 0 fully saturated rings. The number of benzene rings is 1. The number of sulfonamides is 1. The van der Waals surface area contributed by atoms with Crippen LogP contribution >= 0.6 is 11.3 Å². The van der Waals surface area contributed by atoms with E-state index in [9.17, 15) is 12.8 Å². The molecule has 0 radical (unpaired) electrons. The molecule has 8 heteroatoms. The highest BCUT2D eigenvalue weighted by molar-refractivity contribution is 7.92. The Balaban J connectivity index is 2.06. The lowest BCUT2D eigenvalue weighted by Crippen LogP contribution is -2.13. The van der Waals surface area contributed by atoms with E-state index in [1.807, 2.05) is 31.4 Å². The molecule has 0 unspecified atom stereocenters. The molecular formula is C16H16FN3O2S2. The minimum atomic E-state index is -3.89. The Kier molecular flexibility index (Phi) is 4.42. The summed E-state index contributed by atoms with van der Waals surface area (Å²) in [6, 6.07) is 9.01. The summed E-state index contributed by atoms with van der Waals surface area (Å²) in [6.07, 6.45) is 1.50. The van der Waals surface area contributed by atoms with E-state index in [0.29, 0.717) is 5.69 Å². The van der Waals surface area contributed by atoms with Gasteiger partial charge >= 0.3 is 0 Å². The SMILES string of the molecule is CC(C)n1cc(S(=O)(=O)Nc2cccc(F)c2)c(-c2cccs2)n1. The van der Waals surface area contributed by atoms with Crippen molar-refractivity contribution in [1.29, 1.82) is 0 Å². The Labute approximate surface area is 143 Å². The van der Waals surface area contributed by atoms with Gasteiger partial charge in [-0.05, 0) is 43.5 Å². The van der Waals surface area contributed by atoms with Gasteiger partial charge in [-0.15, -0.1) is 11.3 Å². The van der Waals surface area contributed by atoms with Gasteiger partial charge in [-0.3, -0.25) is 9.40 Å². The summed E-state index contributed by atoms with van der Waals surface area (Å²) in [4.78, 5) is 0.830. The molecule has 0 spiro atoms. The molecule has 1 N–H and O–H groups in total. The van der Waals surface area contributed by atoms with Crippen LogP contribution in [0.3, 0.4) is 0 Å². The topological polar surface area (TPSA) is 64.0 Å². The first-order valence-electron chi connectivity index (χ1n) is 7.28. The second-order valence-electron chi connectivity index (χ2n) is 5.51. The van der Waals surface area contributed by atoms with Gasteiger partial charge < -0.3 is 0 Å². The molecule has 3 aromatic rings. The quantitative estimate of drug-likeness (QED) is 0.739. The molecule has 5 nitrogen and oxygen atoms in total. The molecule has 3 rings (SSSR count). The van der Waals surface area contributed by atoms with Gasteiger partial charge in [0.1, 0.15) is 16.4 Å². The van der Waals surface area contributed by atoms with Gasteiger partial charge in [-0.1, -0.05) is 12.1 Å². The van der Waals surface area contributed by atoms with E-state index in [1.54, 1.807) is 4.68 Å². The molecule has 0 atom stereocenters. The number of thiophene rings is 1. The number of aromatic nitrogens is 2. The van der Waals surface area contributed by atoms with Gasteiger partial charge in [0.2, 0.25) is 0 Å². The van der Waals surface area contributed by atoms with Gasteiger partial charge in [0.15, 0.2) is 0 Å². The fourth-order valence-corrected chi connectivity index (χ4v) is 4.17. The molecule has 0 bridgehead atoms. The zero-order chi connectivity index (χ0) is 17.3. The molecule has 0 saturated carbocycles. The van der Waals surface area contributed by atoms with Crippen molar-refractivity contribution in [3.8, 4) is 10.6 Å². The molecule has 126 valence electrons. The fourth-order valence-electron chi connectivity index (χ4n) is 2.18. The number of hydrogen-bond donors (Lipinski definition) is 1. The van der Waals surface area contributed by atoms with Crippen LogP contribution in [0.2, 0.25) is 0 Å². The minimum Gasteiger partial charge on any atom is -0.279 e. The van der Waals surface area contributed by atoms with E-state index in [2.05, 4.69) is 9.82 Å². The normalized spacial score (nSPS) is 11.8. The maximum absolute atomic E-state index is 13.3. The third-order valence-electron chi connectivity index (χ3n) is 3.35. The predicted octanol–water partition coefficient (Wildman–Crippen LogP) is 4.13. The van der Waals surface area contributed by atoms with Crippen molar-refractivity contribution in [2.24, 2.45) is 0 Å². The highest BCUT2D eigenvalue weighted by Crippen LogP contribution is 2.31. The van der Waals surface area contributed by atoms with Crippen molar-refractivity contribution in [3.63, 3.8) is 0 Å². The van der Waals surface area contributed by atoms with Crippen molar-refractivity contribution < 1.29 is 12.8 Å². The first-order valence-corrected chi connectivity index (χ1v) is 9.64. The Hall–Kier alpha value is -2.19. The van der Waals surface area contributed by atoms with E-state index in [1.165, 1.54) is 35.7 Å². The van der Waals surface area contributed by atoms with Crippen LogP contribution in [0.5, 0.6) is 0 Å². The first kappa shape index (κ1) is 16.7. The van der Waals surface area contributed by atoms with Crippen LogP contribution in [0.25, 0.3) is 10.6 Å². The van der Waals surface area contributed by atoms with Crippen LogP contribution in [0.4, 0.5) is 10.1 Å². The summed E-state index contributed by atoms with van der Waals surface area (Å²) >= 11 is 1.41. The maximum atomic E-state index is 13.3.